The van der Waals surface area contributed by atoms with E-state index in [2.05, 4.69) is 4.98 Å². The van der Waals surface area contributed by atoms with Crippen LogP contribution in [0, 0.1) is 0 Å². The van der Waals surface area contributed by atoms with Crippen molar-refractivity contribution in [1.29, 1.82) is 0 Å². The molecule has 0 spiro atoms. The average molecular weight is 263 g/mol. The molecule has 1 aromatic carbocycles. The Kier molecular flexibility index (Phi) is 3.97. The van der Waals surface area contributed by atoms with Crippen molar-refractivity contribution in [2.75, 3.05) is 5.75 Å². The minimum atomic E-state index is -3.01. The van der Waals surface area contributed by atoms with E-state index in [0.717, 1.165) is 29.3 Å². The van der Waals surface area contributed by atoms with Gasteiger partial charge < -0.3 is 0 Å². The van der Waals surface area contributed by atoms with E-state index in [4.69, 9.17) is 0 Å². The van der Waals surface area contributed by atoms with Gasteiger partial charge in [-0.05, 0) is 24.1 Å². The molecule has 0 saturated carbocycles. The van der Waals surface area contributed by atoms with Gasteiger partial charge in [-0.15, -0.1) is 0 Å². The SMILES string of the molecule is CCCCS(=O)(=O)Cc1cnc2ccccc2c1. The fraction of sp³-hybridized carbons (Fsp3) is 0.357. The van der Waals surface area contributed by atoms with E-state index in [0.29, 0.717) is 0 Å². The topological polar surface area (TPSA) is 47.0 Å². The van der Waals surface area contributed by atoms with Crippen LogP contribution in [0.4, 0.5) is 0 Å². The van der Waals surface area contributed by atoms with Crippen molar-refractivity contribution in [3.8, 4) is 0 Å². The molecule has 0 fully saturated rings. The number of sulfone groups is 1. The molecule has 96 valence electrons. The highest BCUT2D eigenvalue weighted by Gasteiger charge is 2.11. The van der Waals surface area contributed by atoms with E-state index in [-0.39, 0.29) is 11.5 Å². The maximum Gasteiger partial charge on any atom is 0.154 e. The standard InChI is InChI=1S/C14H17NO2S/c1-2-3-8-18(16,17)11-12-9-13-6-4-5-7-14(13)15-10-12/h4-7,9-10H,2-3,8,11H2,1H3. The number of rotatable bonds is 5. The molecule has 0 aliphatic heterocycles. The fourth-order valence-corrected chi connectivity index (χ4v) is 3.42. The van der Waals surface area contributed by atoms with Gasteiger partial charge >= 0.3 is 0 Å². The van der Waals surface area contributed by atoms with E-state index in [1.54, 1.807) is 6.20 Å². The second-order valence-corrected chi connectivity index (χ2v) is 6.67. The number of benzene rings is 1. The van der Waals surface area contributed by atoms with Crippen molar-refractivity contribution < 1.29 is 8.42 Å². The number of nitrogens with zero attached hydrogens (tertiary/aromatic N) is 1. The summed E-state index contributed by atoms with van der Waals surface area (Å²) in [6.45, 7) is 1.99. The van der Waals surface area contributed by atoms with Gasteiger partial charge in [0.2, 0.25) is 0 Å². The van der Waals surface area contributed by atoms with Gasteiger partial charge in [0.1, 0.15) is 0 Å². The predicted molar refractivity (Wildman–Crippen MR) is 74.1 cm³/mol. The van der Waals surface area contributed by atoms with Crippen LogP contribution in [-0.4, -0.2) is 19.2 Å². The molecule has 3 nitrogen and oxygen atoms in total. The monoisotopic (exact) mass is 263 g/mol. The summed E-state index contributed by atoms with van der Waals surface area (Å²) >= 11 is 0. The highest BCUT2D eigenvalue weighted by molar-refractivity contribution is 7.90. The van der Waals surface area contributed by atoms with Gasteiger partial charge in [-0.3, -0.25) is 4.98 Å². The molecule has 0 aliphatic rings. The van der Waals surface area contributed by atoms with Gasteiger partial charge in [0, 0.05) is 11.6 Å². The molecule has 0 bridgehead atoms. The van der Waals surface area contributed by atoms with E-state index >= 15 is 0 Å². The smallest absolute Gasteiger partial charge is 0.154 e. The van der Waals surface area contributed by atoms with Crippen molar-refractivity contribution in [1.82, 2.24) is 4.98 Å². The summed E-state index contributed by atoms with van der Waals surface area (Å²) in [5, 5.41) is 0.987. The lowest BCUT2D eigenvalue weighted by Crippen LogP contribution is -2.09. The maximum absolute atomic E-state index is 11.9. The number of unbranched alkanes of at least 4 members (excludes halogenated alkanes) is 1. The molecule has 0 aliphatic carbocycles. The minimum absolute atomic E-state index is 0.0881. The lowest BCUT2D eigenvalue weighted by atomic mass is 10.2. The molecule has 4 heteroatoms. The first-order chi connectivity index (χ1) is 8.61. The van der Waals surface area contributed by atoms with Gasteiger partial charge in [-0.25, -0.2) is 8.42 Å². The quantitative estimate of drug-likeness (QED) is 0.833. The maximum atomic E-state index is 11.9. The van der Waals surface area contributed by atoms with Crippen LogP contribution in [0.1, 0.15) is 25.3 Å². The molecule has 18 heavy (non-hydrogen) atoms. The van der Waals surface area contributed by atoms with Crippen LogP contribution in [0.2, 0.25) is 0 Å². The van der Waals surface area contributed by atoms with Crippen LogP contribution in [0.3, 0.4) is 0 Å². The summed E-state index contributed by atoms with van der Waals surface area (Å²) in [4.78, 5) is 4.28. The third-order valence-corrected chi connectivity index (χ3v) is 4.53. The Bertz CT molecular complexity index is 635. The average Bonchev–Trinajstić information content (AvgIpc) is 2.36. The second-order valence-electron chi connectivity index (χ2n) is 4.48. The number of hydrogen-bond acceptors (Lipinski definition) is 3. The summed E-state index contributed by atoms with van der Waals surface area (Å²) in [5.41, 5.74) is 1.66. The fourth-order valence-electron chi connectivity index (χ4n) is 1.89. The molecular weight excluding hydrogens is 246 g/mol. The molecule has 0 atom stereocenters. The van der Waals surface area contributed by atoms with Crippen LogP contribution >= 0.6 is 0 Å². The molecular formula is C14H17NO2S. The van der Waals surface area contributed by atoms with Crippen molar-refractivity contribution in [3.05, 3.63) is 42.1 Å². The Labute approximate surface area is 108 Å². The zero-order chi connectivity index (χ0) is 13.0. The molecule has 1 aromatic heterocycles. The summed E-state index contributed by atoms with van der Waals surface area (Å²) in [5.74, 6) is 0.348. The van der Waals surface area contributed by atoms with Gasteiger partial charge in [0.25, 0.3) is 0 Å². The normalized spacial score (nSPS) is 11.8. The summed E-state index contributed by atoms with van der Waals surface area (Å²) in [6.07, 6.45) is 3.28. The van der Waals surface area contributed by atoms with Gasteiger partial charge in [0.15, 0.2) is 9.84 Å². The van der Waals surface area contributed by atoms with Crippen LogP contribution in [0.25, 0.3) is 10.9 Å². The Morgan fingerprint density at radius 1 is 1.22 bits per heavy atom. The molecule has 0 radical (unpaired) electrons. The van der Waals surface area contributed by atoms with Crippen molar-refractivity contribution in [2.45, 2.75) is 25.5 Å². The predicted octanol–water partition coefficient (Wildman–Crippen LogP) is 2.95. The molecule has 0 unspecified atom stereocenters. The first-order valence-electron chi connectivity index (χ1n) is 6.15. The lowest BCUT2D eigenvalue weighted by Gasteiger charge is -2.04. The number of pyridine rings is 1. The molecule has 0 saturated heterocycles. The Balaban J connectivity index is 2.22. The Hall–Kier alpha value is -1.42. The summed E-state index contributed by atoms with van der Waals surface area (Å²) in [6, 6.07) is 9.63. The number of fused-ring (bicyclic) bond motifs is 1. The van der Waals surface area contributed by atoms with Crippen LogP contribution in [0.15, 0.2) is 36.5 Å². The van der Waals surface area contributed by atoms with Crippen molar-refractivity contribution in [2.24, 2.45) is 0 Å². The molecule has 2 rings (SSSR count). The number of aromatic nitrogens is 1. The van der Waals surface area contributed by atoms with Crippen LogP contribution in [0.5, 0.6) is 0 Å². The lowest BCUT2D eigenvalue weighted by molar-refractivity contribution is 0.592. The van der Waals surface area contributed by atoms with E-state index < -0.39 is 9.84 Å². The zero-order valence-electron chi connectivity index (χ0n) is 10.5. The molecule has 0 N–H and O–H groups in total. The van der Waals surface area contributed by atoms with Gasteiger partial charge in [-0.1, -0.05) is 31.5 Å². The van der Waals surface area contributed by atoms with E-state index in [1.165, 1.54) is 0 Å². The minimum Gasteiger partial charge on any atom is -0.256 e. The second kappa shape index (κ2) is 5.48. The van der Waals surface area contributed by atoms with Crippen molar-refractivity contribution in [3.63, 3.8) is 0 Å². The number of hydrogen-bond donors (Lipinski definition) is 0. The summed E-state index contributed by atoms with van der Waals surface area (Å²) < 4.78 is 23.7. The molecule has 1 heterocycles. The third-order valence-electron chi connectivity index (χ3n) is 2.84. The zero-order valence-corrected chi connectivity index (χ0v) is 11.3. The van der Waals surface area contributed by atoms with Gasteiger partial charge in [0.05, 0.1) is 17.0 Å². The largest absolute Gasteiger partial charge is 0.256 e. The van der Waals surface area contributed by atoms with Crippen LogP contribution < -0.4 is 0 Å². The molecule has 2 aromatic rings. The number of para-hydroxylation sites is 1. The highest BCUT2D eigenvalue weighted by Crippen LogP contribution is 2.15. The Morgan fingerprint density at radius 2 is 2.00 bits per heavy atom. The first kappa shape index (κ1) is 13.0. The van der Waals surface area contributed by atoms with Crippen molar-refractivity contribution >= 4 is 20.7 Å². The van der Waals surface area contributed by atoms with E-state index in [9.17, 15) is 8.42 Å². The summed E-state index contributed by atoms with van der Waals surface area (Å²) in [7, 11) is -3.01. The Morgan fingerprint density at radius 3 is 2.78 bits per heavy atom. The highest BCUT2D eigenvalue weighted by atomic mass is 32.2. The van der Waals surface area contributed by atoms with Crippen LogP contribution in [-0.2, 0) is 15.6 Å². The third kappa shape index (κ3) is 3.29. The first-order valence-corrected chi connectivity index (χ1v) is 7.97. The van der Waals surface area contributed by atoms with Gasteiger partial charge in [-0.2, -0.15) is 0 Å². The van der Waals surface area contributed by atoms with E-state index in [1.807, 2.05) is 37.3 Å². The molecule has 0 amide bonds.